The number of rotatable bonds is 1. The van der Waals surface area contributed by atoms with Gasteiger partial charge in [-0.15, -0.1) is 0 Å². The highest BCUT2D eigenvalue weighted by molar-refractivity contribution is 5.73. The van der Waals surface area contributed by atoms with Crippen LogP contribution in [0.1, 0.15) is 34.6 Å². The lowest BCUT2D eigenvalue weighted by Gasteiger charge is -2.24. The second kappa shape index (κ2) is 5.40. The first-order chi connectivity index (χ1) is 9.29. The lowest BCUT2D eigenvalue weighted by molar-refractivity contribution is 0.601. The van der Waals surface area contributed by atoms with Gasteiger partial charge < -0.3 is 0 Å². The van der Waals surface area contributed by atoms with Gasteiger partial charge in [0.25, 0.3) is 0 Å². The molecule has 0 aromatic heterocycles. The summed E-state index contributed by atoms with van der Waals surface area (Å²) in [5.74, 6) is 0.259. The Labute approximate surface area is 123 Å². The van der Waals surface area contributed by atoms with Crippen LogP contribution in [0.4, 0.5) is 0 Å². The Balaban J connectivity index is 2.44. The third-order valence-corrected chi connectivity index (χ3v) is 3.70. The molecule has 0 radical (unpaired) electrons. The Hall–Kier alpha value is -1.63. The van der Waals surface area contributed by atoms with Crippen LogP contribution in [0, 0.1) is 16.7 Å². The summed E-state index contributed by atoms with van der Waals surface area (Å²) in [7, 11) is 0. The van der Waals surface area contributed by atoms with Crippen LogP contribution in [0.3, 0.4) is 0 Å². The fourth-order valence-corrected chi connectivity index (χ4v) is 2.74. The highest BCUT2D eigenvalue weighted by Gasteiger charge is 2.21. The molecule has 106 valence electrons. The molecule has 0 aromatic rings. The lowest BCUT2D eigenvalue weighted by atomic mass is 9.82. The third kappa shape index (κ3) is 3.69. The van der Waals surface area contributed by atoms with Gasteiger partial charge in [-0.05, 0) is 13.0 Å². The Kier molecular flexibility index (Phi) is 3.99. The van der Waals surface area contributed by atoms with Crippen molar-refractivity contribution in [2.24, 2.45) is 21.7 Å². The van der Waals surface area contributed by atoms with Crippen molar-refractivity contribution in [2.45, 2.75) is 34.6 Å². The molecule has 1 aliphatic heterocycles. The molecule has 1 heterocycles. The van der Waals surface area contributed by atoms with E-state index in [1.165, 1.54) is 5.57 Å². The smallest absolute Gasteiger partial charge is 0.0481 e. The van der Waals surface area contributed by atoms with Crippen molar-refractivity contribution in [1.29, 1.82) is 0 Å². The maximum Gasteiger partial charge on any atom is 0.0481 e. The van der Waals surface area contributed by atoms with E-state index in [-0.39, 0.29) is 16.7 Å². The van der Waals surface area contributed by atoms with E-state index in [9.17, 15) is 0 Å². The number of aliphatic imine (C=N–C) groups is 1. The standard InChI is InChI=1S/C19H25N/c1-15-13-18(2,3)10-7-6-9-16(15)17-14-19(4,5)11-8-12-20-17/h6-14,16H,1-5H3/b9-6-,10-7-,15-13?. The van der Waals surface area contributed by atoms with E-state index in [0.29, 0.717) is 0 Å². The summed E-state index contributed by atoms with van der Waals surface area (Å²) in [6, 6.07) is 0. The van der Waals surface area contributed by atoms with Crippen molar-refractivity contribution in [1.82, 2.24) is 0 Å². The van der Waals surface area contributed by atoms with Crippen LogP contribution in [0.5, 0.6) is 0 Å². The molecule has 0 amide bonds. The highest BCUT2D eigenvalue weighted by atomic mass is 14.7. The van der Waals surface area contributed by atoms with Gasteiger partial charge in [0.2, 0.25) is 0 Å². The van der Waals surface area contributed by atoms with Crippen LogP contribution in [0.25, 0.3) is 0 Å². The van der Waals surface area contributed by atoms with Crippen molar-refractivity contribution >= 4 is 6.21 Å². The molecule has 0 fully saturated rings. The monoisotopic (exact) mass is 267 g/mol. The molecule has 1 nitrogen and oxygen atoms in total. The predicted molar refractivity (Wildman–Crippen MR) is 88.8 cm³/mol. The van der Waals surface area contributed by atoms with E-state index >= 15 is 0 Å². The van der Waals surface area contributed by atoms with Gasteiger partial charge in [0.15, 0.2) is 0 Å². The SMILES string of the molecule is CC1=CC(C)(C)/C=C\C=C/C1C1=CC(C)(C)C=CC=N1. The molecular weight excluding hydrogens is 242 g/mol. The first-order valence-corrected chi connectivity index (χ1v) is 7.29. The highest BCUT2D eigenvalue weighted by Crippen LogP contribution is 2.34. The predicted octanol–water partition coefficient (Wildman–Crippen LogP) is 5.25. The second-order valence-corrected chi connectivity index (χ2v) is 6.96. The Morgan fingerprint density at radius 3 is 2.30 bits per heavy atom. The van der Waals surface area contributed by atoms with Crippen LogP contribution < -0.4 is 0 Å². The topological polar surface area (TPSA) is 12.4 Å². The van der Waals surface area contributed by atoms with Crippen LogP contribution in [0.2, 0.25) is 0 Å². The molecule has 2 rings (SSSR count). The van der Waals surface area contributed by atoms with Gasteiger partial charge in [-0.25, -0.2) is 0 Å². The average molecular weight is 267 g/mol. The van der Waals surface area contributed by atoms with Crippen molar-refractivity contribution in [3.8, 4) is 0 Å². The Bertz CT molecular complexity index is 548. The summed E-state index contributed by atoms with van der Waals surface area (Å²) in [5, 5.41) is 0. The van der Waals surface area contributed by atoms with Gasteiger partial charge in [-0.3, -0.25) is 4.99 Å². The molecular formula is C19H25N. The van der Waals surface area contributed by atoms with Crippen molar-refractivity contribution in [2.75, 3.05) is 0 Å². The molecule has 20 heavy (non-hydrogen) atoms. The maximum absolute atomic E-state index is 4.65. The van der Waals surface area contributed by atoms with Gasteiger partial charge in [0.1, 0.15) is 0 Å². The lowest BCUT2D eigenvalue weighted by Crippen LogP contribution is -2.12. The molecule has 1 heteroatoms. The Morgan fingerprint density at radius 2 is 1.55 bits per heavy atom. The minimum atomic E-state index is 0.0493. The third-order valence-electron chi connectivity index (χ3n) is 3.70. The van der Waals surface area contributed by atoms with Gasteiger partial charge in [0, 0.05) is 28.7 Å². The van der Waals surface area contributed by atoms with Gasteiger partial charge in [0.05, 0.1) is 0 Å². The number of allylic oxidation sites excluding steroid dienone is 8. The largest absolute Gasteiger partial charge is 0.261 e. The molecule has 0 saturated carbocycles. The summed E-state index contributed by atoms with van der Waals surface area (Å²) in [5.41, 5.74) is 2.64. The minimum absolute atomic E-state index is 0.0493. The molecule has 0 spiro atoms. The van der Waals surface area contributed by atoms with E-state index in [4.69, 9.17) is 0 Å². The van der Waals surface area contributed by atoms with Gasteiger partial charge in [-0.2, -0.15) is 0 Å². The zero-order valence-corrected chi connectivity index (χ0v) is 13.2. The quantitative estimate of drug-likeness (QED) is 0.575. The van der Waals surface area contributed by atoms with E-state index in [2.05, 4.69) is 82.1 Å². The second-order valence-electron chi connectivity index (χ2n) is 6.96. The minimum Gasteiger partial charge on any atom is -0.261 e. The van der Waals surface area contributed by atoms with Gasteiger partial charge >= 0.3 is 0 Å². The fraction of sp³-hybridized carbons (Fsp3) is 0.421. The van der Waals surface area contributed by atoms with Crippen LogP contribution in [-0.2, 0) is 0 Å². The molecule has 0 bridgehead atoms. The summed E-state index contributed by atoms with van der Waals surface area (Å²) in [6.07, 6.45) is 19.5. The van der Waals surface area contributed by atoms with Crippen molar-refractivity contribution in [3.63, 3.8) is 0 Å². The summed E-state index contributed by atoms with van der Waals surface area (Å²) in [4.78, 5) is 4.65. The average Bonchev–Trinajstić information content (AvgIpc) is 2.47. The van der Waals surface area contributed by atoms with Crippen LogP contribution in [0.15, 0.2) is 64.9 Å². The number of hydrogen-bond acceptors (Lipinski definition) is 1. The summed E-state index contributed by atoms with van der Waals surface area (Å²) < 4.78 is 0. The molecule has 0 saturated heterocycles. The fourth-order valence-electron chi connectivity index (χ4n) is 2.74. The van der Waals surface area contributed by atoms with Crippen LogP contribution in [-0.4, -0.2) is 6.21 Å². The molecule has 1 aliphatic carbocycles. The van der Waals surface area contributed by atoms with E-state index in [1.54, 1.807) is 0 Å². The van der Waals surface area contributed by atoms with E-state index in [1.807, 2.05) is 12.3 Å². The number of hydrogen-bond donors (Lipinski definition) is 0. The molecule has 1 unspecified atom stereocenters. The Morgan fingerprint density at radius 1 is 0.900 bits per heavy atom. The van der Waals surface area contributed by atoms with Crippen molar-refractivity contribution < 1.29 is 0 Å². The van der Waals surface area contributed by atoms with Crippen molar-refractivity contribution in [3.05, 3.63) is 59.9 Å². The molecule has 0 N–H and O–H groups in total. The summed E-state index contributed by atoms with van der Waals surface area (Å²) in [6.45, 7) is 11.1. The summed E-state index contributed by atoms with van der Waals surface area (Å²) >= 11 is 0. The van der Waals surface area contributed by atoms with Crippen LogP contribution >= 0.6 is 0 Å². The first kappa shape index (κ1) is 14.8. The zero-order valence-electron chi connectivity index (χ0n) is 13.2. The van der Waals surface area contributed by atoms with E-state index < -0.39 is 0 Å². The van der Waals surface area contributed by atoms with Gasteiger partial charge in [-0.1, -0.05) is 75.8 Å². The molecule has 0 aromatic carbocycles. The number of nitrogens with zero attached hydrogens (tertiary/aromatic N) is 1. The molecule has 1 atom stereocenters. The maximum atomic E-state index is 4.65. The molecule has 2 aliphatic rings. The normalized spacial score (nSPS) is 30.6. The first-order valence-electron chi connectivity index (χ1n) is 7.29. The zero-order chi connectivity index (χ0) is 14.8. The van der Waals surface area contributed by atoms with E-state index in [0.717, 1.165) is 5.70 Å².